The van der Waals surface area contributed by atoms with Crippen LogP contribution in [0, 0.1) is 11.6 Å². The highest BCUT2D eigenvalue weighted by Crippen LogP contribution is 2.33. The Morgan fingerprint density at radius 1 is 1.10 bits per heavy atom. The minimum Gasteiger partial charge on any atom is -0.233 e. The summed E-state index contributed by atoms with van der Waals surface area (Å²) in [4.78, 5) is 8.68. The van der Waals surface area contributed by atoms with Crippen molar-refractivity contribution in [2.45, 2.75) is 25.7 Å². The molecule has 6 heteroatoms. The maximum absolute atomic E-state index is 13.6. The zero-order chi connectivity index (χ0) is 14.3. The molecular formula is C14H10BrClF2N2. The molecule has 1 aromatic carbocycles. The minimum atomic E-state index is -0.944. The van der Waals surface area contributed by atoms with Gasteiger partial charge < -0.3 is 0 Å². The molecule has 0 radical (unpaired) electrons. The molecule has 0 saturated carbocycles. The van der Waals surface area contributed by atoms with E-state index in [1.54, 1.807) is 0 Å². The van der Waals surface area contributed by atoms with Gasteiger partial charge in [-0.3, -0.25) is 0 Å². The number of hydrogen-bond donors (Lipinski definition) is 0. The van der Waals surface area contributed by atoms with Crippen molar-refractivity contribution in [3.05, 3.63) is 44.7 Å². The van der Waals surface area contributed by atoms with Crippen LogP contribution in [-0.4, -0.2) is 9.97 Å². The van der Waals surface area contributed by atoms with Gasteiger partial charge in [-0.15, -0.1) is 0 Å². The molecule has 1 aliphatic carbocycles. The second kappa shape index (κ2) is 5.37. The lowest BCUT2D eigenvalue weighted by atomic mass is 9.97. The number of aryl methyl sites for hydroxylation is 1. The van der Waals surface area contributed by atoms with E-state index in [2.05, 4.69) is 25.9 Å². The van der Waals surface area contributed by atoms with Crippen molar-refractivity contribution in [3.63, 3.8) is 0 Å². The van der Waals surface area contributed by atoms with Crippen molar-refractivity contribution < 1.29 is 8.78 Å². The summed E-state index contributed by atoms with van der Waals surface area (Å²) in [5.41, 5.74) is 2.28. The topological polar surface area (TPSA) is 25.8 Å². The highest BCUT2D eigenvalue weighted by Gasteiger charge is 2.20. The molecule has 1 heterocycles. The normalized spacial score (nSPS) is 14.2. The summed E-state index contributed by atoms with van der Waals surface area (Å²) in [7, 11) is 0. The fraction of sp³-hybridized carbons (Fsp3) is 0.286. The SMILES string of the molecule is Fc1ccc(-c2nc(Cl)c3c(n2)CCCC3)c(Br)c1F. The Labute approximate surface area is 128 Å². The molecule has 0 N–H and O–H groups in total. The predicted molar refractivity (Wildman–Crippen MR) is 76.7 cm³/mol. The zero-order valence-electron chi connectivity index (χ0n) is 10.4. The summed E-state index contributed by atoms with van der Waals surface area (Å²) >= 11 is 9.24. The summed E-state index contributed by atoms with van der Waals surface area (Å²) in [5, 5.41) is 0.404. The van der Waals surface area contributed by atoms with E-state index in [4.69, 9.17) is 11.6 Å². The number of rotatable bonds is 1. The van der Waals surface area contributed by atoms with Crippen LogP contribution in [0.25, 0.3) is 11.4 Å². The van der Waals surface area contributed by atoms with Gasteiger partial charge >= 0.3 is 0 Å². The van der Waals surface area contributed by atoms with E-state index in [0.29, 0.717) is 16.5 Å². The fourth-order valence-corrected chi connectivity index (χ4v) is 3.15. The molecule has 0 saturated heterocycles. The number of halogens is 4. The number of nitrogens with zero attached hydrogens (tertiary/aromatic N) is 2. The average molecular weight is 360 g/mol. The van der Waals surface area contributed by atoms with Gasteiger partial charge in [-0.1, -0.05) is 11.6 Å². The van der Waals surface area contributed by atoms with Crippen LogP contribution in [0.15, 0.2) is 16.6 Å². The van der Waals surface area contributed by atoms with E-state index < -0.39 is 11.6 Å². The Bertz CT molecular complexity index is 691. The lowest BCUT2D eigenvalue weighted by Crippen LogP contribution is -2.09. The van der Waals surface area contributed by atoms with Crippen molar-refractivity contribution in [1.29, 1.82) is 0 Å². The van der Waals surface area contributed by atoms with E-state index in [1.807, 2.05) is 0 Å². The maximum Gasteiger partial charge on any atom is 0.173 e. The summed E-state index contributed by atoms with van der Waals surface area (Å²) < 4.78 is 26.8. The van der Waals surface area contributed by atoms with Crippen LogP contribution in [0.3, 0.4) is 0 Å². The van der Waals surface area contributed by atoms with E-state index in [9.17, 15) is 8.78 Å². The lowest BCUT2D eigenvalue weighted by Gasteiger charge is -2.17. The Hall–Kier alpha value is -1.07. The smallest absolute Gasteiger partial charge is 0.173 e. The molecule has 0 atom stereocenters. The van der Waals surface area contributed by atoms with E-state index in [1.165, 1.54) is 6.07 Å². The van der Waals surface area contributed by atoms with Crippen molar-refractivity contribution in [2.24, 2.45) is 0 Å². The van der Waals surface area contributed by atoms with Crippen molar-refractivity contribution in [3.8, 4) is 11.4 Å². The molecule has 0 amide bonds. The second-order valence-corrected chi connectivity index (χ2v) is 5.84. The molecule has 104 valence electrons. The molecule has 1 aliphatic rings. The summed E-state index contributed by atoms with van der Waals surface area (Å²) in [6, 6.07) is 2.51. The second-order valence-electron chi connectivity index (χ2n) is 4.69. The molecular weight excluding hydrogens is 350 g/mol. The van der Waals surface area contributed by atoms with Gasteiger partial charge in [0.05, 0.1) is 4.47 Å². The maximum atomic E-state index is 13.6. The molecule has 20 heavy (non-hydrogen) atoms. The molecule has 1 aromatic heterocycles. The average Bonchev–Trinajstić information content (AvgIpc) is 2.45. The van der Waals surface area contributed by atoms with Gasteiger partial charge in [0.15, 0.2) is 17.5 Å². The van der Waals surface area contributed by atoms with Crippen LogP contribution in [-0.2, 0) is 12.8 Å². The van der Waals surface area contributed by atoms with E-state index in [0.717, 1.165) is 43.0 Å². The highest BCUT2D eigenvalue weighted by molar-refractivity contribution is 9.10. The monoisotopic (exact) mass is 358 g/mol. The molecule has 0 unspecified atom stereocenters. The Balaban J connectivity index is 2.16. The number of aromatic nitrogens is 2. The molecule has 0 fully saturated rings. The van der Waals surface area contributed by atoms with Gasteiger partial charge in [-0.25, -0.2) is 18.7 Å². The summed E-state index contributed by atoms with van der Waals surface area (Å²) in [6.07, 6.45) is 3.84. The minimum absolute atomic E-state index is 0.0179. The summed E-state index contributed by atoms with van der Waals surface area (Å²) in [5.74, 6) is -1.54. The van der Waals surface area contributed by atoms with Crippen LogP contribution in [0.2, 0.25) is 5.15 Å². The first-order chi connectivity index (χ1) is 9.58. The molecule has 2 aromatic rings. The Morgan fingerprint density at radius 2 is 1.85 bits per heavy atom. The standard InChI is InChI=1S/C14H10BrClF2N2/c15-11-8(5-6-9(17)12(11)18)14-19-10-4-2-1-3-7(10)13(16)20-14/h5-6H,1-4H2. The van der Waals surface area contributed by atoms with Gasteiger partial charge in [0.2, 0.25) is 0 Å². The lowest BCUT2D eigenvalue weighted by molar-refractivity contribution is 0.504. The van der Waals surface area contributed by atoms with Gasteiger partial charge in [0.25, 0.3) is 0 Å². The van der Waals surface area contributed by atoms with Gasteiger partial charge in [0.1, 0.15) is 5.15 Å². The first-order valence-corrected chi connectivity index (χ1v) is 7.44. The Kier molecular flexibility index (Phi) is 3.73. The molecule has 0 aliphatic heterocycles. The molecule has 3 rings (SSSR count). The number of fused-ring (bicyclic) bond motifs is 1. The largest absolute Gasteiger partial charge is 0.233 e. The first-order valence-electron chi connectivity index (χ1n) is 6.27. The van der Waals surface area contributed by atoms with Gasteiger partial charge in [0, 0.05) is 16.8 Å². The van der Waals surface area contributed by atoms with Crippen molar-refractivity contribution in [1.82, 2.24) is 9.97 Å². The number of hydrogen-bond acceptors (Lipinski definition) is 2. The molecule has 0 bridgehead atoms. The van der Waals surface area contributed by atoms with Crippen LogP contribution in [0.1, 0.15) is 24.1 Å². The van der Waals surface area contributed by atoms with Crippen LogP contribution >= 0.6 is 27.5 Å². The van der Waals surface area contributed by atoms with E-state index >= 15 is 0 Å². The quantitative estimate of drug-likeness (QED) is 0.544. The highest BCUT2D eigenvalue weighted by atomic mass is 79.9. The first kappa shape index (κ1) is 13.9. The third-order valence-electron chi connectivity index (χ3n) is 3.41. The third-order valence-corrected chi connectivity index (χ3v) is 4.50. The van der Waals surface area contributed by atoms with Crippen LogP contribution in [0.5, 0.6) is 0 Å². The predicted octanol–water partition coefficient (Wildman–Crippen LogP) is 4.72. The van der Waals surface area contributed by atoms with Crippen LogP contribution < -0.4 is 0 Å². The summed E-state index contributed by atoms with van der Waals surface area (Å²) in [6.45, 7) is 0. The fourth-order valence-electron chi connectivity index (χ4n) is 2.37. The third kappa shape index (κ3) is 2.33. The zero-order valence-corrected chi connectivity index (χ0v) is 12.7. The number of benzene rings is 1. The van der Waals surface area contributed by atoms with E-state index in [-0.39, 0.29) is 4.47 Å². The molecule has 2 nitrogen and oxygen atoms in total. The van der Waals surface area contributed by atoms with Crippen LogP contribution in [0.4, 0.5) is 8.78 Å². The van der Waals surface area contributed by atoms with Crippen molar-refractivity contribution in [2.75, 3.05) is 0 Å². The van der Waals surface area contributed by atoms with Crippen molar-refractivity contribution >= 4 is 27.5 Å². The van der Waals surface area contributed by atoms with Gasteiger partial charge in [-0.05, 0) is 53.7 Å². The van der Waals surface area contributed by atoms with Gasteiger partial charge in [-0.2, -0.15) is 0 Å². The Morgan fingerprint density at radius 3 is 2.65 bits per heavy atom. The molecule has 0 spiro atoms.